The SMILES string of the molecule is Cc1c(Br)cc(S(=O)(=O)NOCC(C)C)cc1C(=O)O. The third kappa shape index (κ3) is 4.27. The summed E-state index contributed by atoms with van der Waals surface area (Å²) in [5.74, 6) is -1.03. The van der Waals surface area contributed by atoms with Gasteiger partial charge in [0.1, 0.15) is 0 Å². The fourth-order valence-electron chi connectivity index (χ4n) is 1.36. The molecule has 0 amide bonds. The highest BCUT2D eigenvalue weighted by atomic mass is 79.9. The Morgan fingerprint density at radius 1 is 1.45 bits per heavy atom. The molecule has 0 fully saturated rings. The van der Waals surface area contributed by atoms with E-state index in [1.54, 1.807) is 6.92 Å². The van der Waals surface area contributed by atoms with Crippen molar-refractivity contribution in [1.82, 2.24) is 4.89 Å². The van der Waals surface area contributed by atoms with Crippen molar-refractivity contribution in [2.24, 2.45) is 5.92 Å². The maximum Gasteiger partial charge on any atom is 0.336 e. The molecule has 6 nitrogen and oxygen atoms in total. The Kier molecular flexibility index (Phi) is 5.69. The van der Waals surface area contributed by atoms with Crippen molar-refractivity contribution in [3.05, 3.63) is 27.7 Å². The summed E-state index contributed by atoms with van der Waals surface area (Å²) in [7, 11) is -3.92. The molecule has 2 N–H and O–H groups in total. The van der Waals surface area contributed by atoms with Crippen LogP contribution in [0.5, 0.6) is 0 Å². The minimum absolute atomic E-state index is 0.0800. The molecule has 0 spiro atoms. The number of carbonyl (C=O) groups is 1. The van der Waals surface area contributed by atoms with E-state index in [0.29, 0.717) is 10.0 Å². The molecule has 0 unspecified atom stereocenters. The van der Waals surface area contributed by atoms with Crippen molar-refractivity contribution in [2.75, 3.05) is 6.61 Å². The highest BCUT2D eigenvalue weighted by molar-refractivity contribution is 9.10. The van der Waals surface area contributed by atoms with E-state index in [-0.39, 0.29) is 23.0 Å². The minimum Gasteiger partial charge on any atom is -0.478 e. The second kappa shape index (κ2) is 6.66. The van der Waals surface area contributed by atoms with Gasteiger partial charge in [0.25, 0.3) is 10.0 Å². The van der Waals surface area contributed by atoms with Gasteiger partial charge in [-0.2, -0.15) is 0 Å². The smallest absolute Gasteiger partial charge is 0.336 e. The van der Waals surface area contributed by atoms with Crippen LogP contribution in [0.15, 0.2) is 21.5 Å². The molecule has 8 heteroatoms. The lowest BCUT2D eigenvalue weighted by atomic mass is 10.1. The normalized spacial score (nSPS) is 11.8. The van der Waals surface area contributed by atoms with Crippen molar-refractivity contribution in [3.63, 3.8) is 0 Å². The predicted molar refractivity (Wildman–Crippen MR) is 76.9 cm³/mol. The van der Waals surface area contributed by atoms with Crippen LogP contribution in [-0.4, -0.2) is 26.1 Å². The van der Waals surface area contributed by atoms with Crippen LogP contribution >= 0.6 is 15.9 Å². The molecule has 0 aromatic heterocycles. The van der Waals surface area contributed by atoms with Gasteiger partial charge in [-0.25, -0.2) is 13.2 Å². The van der Waals surface area contributed by atoms with Gasteiger partial charge in [0.05, 0.1) is 17.1 Å². The van der Waals surface area contributed by atoms with Crippen LogP contribution in [0, 0.1) is 12.8 Å². The zero-order valence-corrected chi connectivity index (χ0v) is 13.7. The van der Waals surface area contributed by atoms with Gasteiger partial charge in [-0.05, 0) is 30.5 Å². The Morgan fingerprint density at radius 3 is 2.55 bits per heavy atom. The van der Waals surface area contributed by atoms with Crippen molar-refractivity contribution in [2.45, 2.75) is 25.7 Å². The molecule has 1 rings (SSSR count). The van der Waals surface area contributed by atoms with Gasteiger partial charge in [0, 0.05) is 4.47 Å². The van der Waals surface area contributed by atoms with Crippen molar-refractivity contribution in [1.29, 1.82) is 0 Å². The maximum atomic E-state index is 12.0. The number of nitrogens with one attached hydrogen (secondary N) is 1. The zero-order valence-electron chi connectivity index (χ0n) is 11.3. The van der Waals surface area contributed by atoms with E-state index < -0.39 is 16.0 Å². The Labute approximate surface area is 126 Å². The summed E-state index contributed by atoms with van der Waals surface area (Å²) in [5, 5.41) is 9.06. The van der Waals surface area contributed by atoms with Crippen LogP contribution in [0.1, 0.15) is 29.8 Å². The number of rotatable bonds is 6. The number of sulfonamides is 1. The van der Waals surface area contributed by atoms with Crippen molar-refractivity contribution < 1.29 is 23.2 Å². The topological polar surface area (TPSA) is 92.7 Å². The number of hydrogen-bond donors (Lipinski definition) is 2. The van der Waals surface area contributed by atoms with Crippen LogP contribution in [0.3, 0.4) is 0 Å². The molecule has 0 bridgehead atoms. The first-order valence-electron chi connectivity index (χ1n) is 5.82. The summed E-state index contributed by atoms with van der Waals surface area (Å²) in [6, 6.07) is 2.44. The fraction of sp³-hybridized carbons (Fsp3) is 0.417. The number of hydrogen-bond acceptors (Lipinski definition) is 4. The summed E-state index contributed by atoms with van der Waals surface area (Å²) in [5.41, 5.74) is 0.378. The Bertz CT molecular complexity index is 613. The molecule has 1 aromatic rings. The third-order valence-electron chi connectivity index (χ3n) is 2.44. The summed E-state index contributed by atoms with van der Waals surface area (Å²) in [4.78, 5) is 17.8. The molecule has 0 radical (unpaired) electrons. The molecular weight excluding hydrogens is 350 g/mol. The van der Waals surface area contributed by atoms with Gasteiger partial charge in [-0.15, -0.1) is 0 Å². The summed E-state index contributed by atoms with van der Waals surface area (Å²) >= 11 is 3.15. The lowest BCUT2D eigenvalue weighted by molar-refractivity contribution is 0.0695. The lowest BCUT2D eigenvalue weighted by Gasteiger charge is -2.11. The van der Waals surface area contributed by atoms with Crippen LogP contribution in [0.25, 0.3) is 0 Å². The van der Waals surface area contributed by atoms with E-state index in [1.165, 1.54) is 6.07 Å². The number of aromatic carboxylic acids is 1. The quantitative estimate of drug-likeness (QED) is 0.754. The first-order valence-corrected chi connectivity index (χ1v) is 8.09. The molecule has 0 atom stereocenters. The average Bonchev–Trinajstić information content (AvgIpc) is 2.31. The van der Waals surface area contributed by atoms with E-state index in [2.05, 4.69) is 15.9 Å². The summed E-state index contributed by atoms with van der Waals surface area (Å²) in [6.45, 7) is 5.56. The van der Waals surface area contributed by atoms with Gasteiger partial charge in [0.15, 0.2) is 0 Å². The molecule has 0 aliphatic heterocycles. The number of halogens is 1. The first kappa shape index (κ1) is 17.1. The fourth-order valence-corrected chi connectivity index (χ4v) is 2.83. The van der Waals surface area contributed by atoms with Gasteiger partial charge in [-0.1, -0.05) is 34.7 Å². The van der Waals surface area contributed by atoms with E-state index in [0.717, 1.165) is 6.07 Å². The van der Waals surface area contributed by atoms with Gasteiger partial charge in [0.2, 0.25) is 0 Å². The molecule has 0 aliphatic rings. The Balaban J connectivity index is 3.10. The first-order chi connectivity index (χ1) is 9.15. The van der Waals surface area contributed by atoms with Crippen LogP contribution < -0.4 is 4.89 Å². The molecule has 112 valence electrons. The summed E-state index contributed by atoms with van der Waals surface area (Å²) < 4.78 is 24.4. The molecular formula is C12H16BrNO5S. The van der Waals surface area contributed by atoms with Gasteiger partial charge in [-0.3, -0.25) is 4.84 Å². The second-order valence-electron chi connectivity index (χ2n) is 4.67. The molecule has 0 saturated carbocycles. The van der Waals surface area contributed by atoms with E-state index in [4.69, 9.17) is 9.94 Å². The third-order valence-corrected chi connectivity index (χ3v) is 4.46. The van der Waals surface area contributed by atoms with E-state index >= 15 is 0 Å². The van der Waals surface area contributed by atoms with Gasteiger partial charge >= 0.3 is 5.97 Å². The largest absolute Gasteiger partial charge is 0.478 e. The van der Waals surface area contributed by atoms with Crippen LogP contribution in [-0.2, 0) is 14.9 Å². The van der Waals surface area contributed by atoms with E-state index in [1.807, 2.05) is 18.7 Å². The highest BCUT2D eigenvalue weighted by Crippen LogP contribution is 2.25. The Morgan fingerprint density at radius 2 is 2.05 bits per heavy atom. The van der Waals surface area contributed by atoms with E-state index in [9.17, 15) is 13.2 Å². The van der Waals surface area contributed by atoms with Gasteiger partial charge < -0.3 is 5.11 Å². The highest BCUT2D eigenvalue weighted by Gasteiger charge is 2.20. The average molecular weight is 366 g/mol. The molecule has 1 aromatic carbocycles. The van der Waals surface area contributed by atoms with Crippen LogP contribution in [0.2, 0.25) is 0 Å². The molecule has 0 aliphatic carbocycles. The second-order valence-corrected chi connectivity index (χ2v) is 7.17. The van der Waals surface area contributed by atoms with Crippen molar-refractivity contribution in [3.8, 4) is 0 Å². The number of carboxylic acid groups (broad SMARTS) is 1. The monoisotopic (exact) mass is 365 g/mol. The number of carboxylic acids is 1. The maximum absolute atomic E-state index is 12.0. The molecule has 20 heavy (non-hydrogen) atoms. The lowest BCUT2D eigenvalue weighted by Crippen LogP contribution is -2.26. The number of benzene rings is 1. The zero-order chi connectivity index (χ0) is 15.5. The standard InChI is InChI=1S/C12H16BrNO5S/c1-7(2)6-19-14-20(17,18)9-4-10(12(15)16)8(3)11(13)5-9/h4-5,7,14H,6H2,1-3H3,(H,15,16). The molecule has 0 saturated heterocycles. The Hall–Kier alpha value is -0.960. The predicted octanol–water partition coefficient (Wildman–Crippen LogP) is 2.32. The minimum atomic E-state index is -3.92. The summed E-state index contributed by atoms with van der Waals surface area (Å²) in [6.07, 6.45) is 0. The van der Waals surface area contributed by atoms with Crippen LogP contribution in [0.4, 0.5) is 0 Å². The van der Waals surface area contributed by atoms with Crippen molar-refractivity contribution >= 4 is 31.9 Å². The molecule has 0 heterocycles.